The van der Waals surface area contributed by atoms with Crippen molar-refractivity contribution in [2.45, 2.75) is 0 Å². The van der Waals surface area contributed by atoms with Crippen molar-refractivity contribution >= 4 is 11.7 Å². The maximum atomic E-state index is 10.9. The van der Waals surface area contributed by atoms with Gasteiger partial charge >= 0.3 is 5.97 Å². The number of rotatable bonds is 3. The molecule has 7 heteroatoms. The van der Waals surface area contributed by atoms with Gasteiger partial charge < -0.3 is 5.11 Å². The van der Waals surface area contributed by atoms with Crippen LogP contribution < -0.4 is 0 Å². The summed E-state index contributed by atoms with van der Waals surface area (Å²) < 4.78 is 0. The molecule has 0 aliphatic rings. The molecule has 2 rings (SSSR count). The highest BCUT2D eigenvalue weighted by molar-refractivity contribution is 5.90. The minimum Gasteiger partial charge on any atom is -0.478 e. The van der Waals surface area contributed by atoms with Crippen molar-refractivity contribution in [3.05, 3.63) is 46.3 Å². The van der Waals surface area contributed by atoms with E-state index in [0.717, 1.165) is 6.07 Å². The largest absolute Gasteiger partial charge is 0.478 e. The SMILES string of the molecule is O=C(O)c1cc(-c2cn[nH]c2)cc([N+](=O)[O-])c1. The zero-order valence-corrected chi connectivity index (χ0v) is 8.45. The fourth-order valence-electron chi connectivity index (χ4n) is 1.42. The van der Waals surface area contributed by atoms with Crippen molar-refractivity contribution in [3.63, 3.8) is 0 Å². The van der Waals surface area contributed by atoms with E-state index in [1.54, 1.807) is 0 Å². The van der Waals surface area contributed by atoms with Gasteiger partial charge in [-0.1, -0.05) is 0 Å². The lowest BCUT2D eigenvalue weighted by Gasteiger charge is -2.00. The van der Waals surface area contributed by atoms with E-state index >= 15 is 0 Å². The van der Waals surface area contributed by atoms with E-state index in [0.29, 0.717) is 11.1 Å². The third-order valence-corrected chi connectivity index (χ3v) is 2.21. The molecule has 2 N–H and O–H groups in total. The van der Waals surface area contributed by atoms with E-state index in [1.165, 1.54) is 24.5 Å². The summed E-state index contributed by atoms with van der Waals surface area (Å²) in [6, 6.07) is 3.68. The van der Waals surface area contributed by atoms with Gasteiger partial charge in [-0.05, 0) is 11.6 Å². The molecule has 86 valence electrons. The zero-order chi connectivity index (χ0) is 12.4. The Morgan fingerprint density at radius 2 is 2.12 bits per heavy atom. The molecule has 0 saturated heterocycles. The predicted molar refractivity (Wildman–Crippen MR) is 57.6 cm³/mol. The van der Waals surface area contributed by atoms with Gasteiger partial charge in [0.1, 0.15) is 0 Å². The van der Waals surface area contributed by atoms with Gasteiger partial charge in [0.05, 0.1) is 16.7 Å². The van der Waals surface area contributed by atoms with E-state index in [1.807, 2.05) is 0 Å². The molecule has 1 heterocycles. The summed E-state index contributed by atoms with van der Waals surface area (Å²) in [6.07, 6.45) is 3.00. The minimum absolute atomic E-state index is 0.129. The average molecular weight is 233 g/mol. The average Bonchev–Trinajstić information content (AvgIpc) is 2.81. The fourth-order valence-corrected chi connectivity index (χ4v) is 1.42. The normalized spacial score (nSPS) is 10.1. The second-order valence-electron chi connectivity index (χ2n) is 3.32. The number of benzene rings is 1. The molecule has 0 aliphatic carbocycles. The second kappa shape index (κ2) is 4.05. The van der Waals surface area contributed by atoms with Gasteiger partial charge in [-0.15, -0.1) is 0 Å². The molecule has 0 radical (unpaired) electrons. The van der Waals surface area contributed by atoms with E-state index in [2.05, 4.69) is 10.2 Å². The molecule has 0 spiro atoms. The molecule has 0 saturated carbocycles. The Morgan fingerprint density at radius 3 is 2.65 bits per heavy atom. The smallest absolute Gasteiger partial charge is 0.335 e. The van der Waals surface area contributed by atoms with Gasteiger partial charge in [-0.3, -0.25) is 15.2 Å². The predicted octanol–water partition coefficient (Wildman–Crippen LogP) is 1.68. The lowest BCUT2D eigenvalue weighted by Crippen LogP contribution is -1.99. The Hall–Kier alpha value is -2.70. The number of H-pyrrole nitrogens is 1. The molecular formula is C10H7N3O4. The van der Waals surface area contributed by atoms with Gasteiger partial charge in [0.25, 0.3) is 5.69 Å². The van der Waals surface area contributed by atoms with Crippen LogP contribution in [0.15, 0.2) is 30.6 Å². The number of nitrogens with zero attached hydrogens (tertiary/aromatic N) is 2. The van der Waals surface area contributed by atoms with Crippen LogP contribution in [0.4, 0.5) is 5.69 Å². The van der Waals surface area contributed by atoms with E-state index < -0.39 is 10.9 Å². The summed E-state index contributed by atoms with van der Waals surface area (Å²) in [6.45, 7) is 0. The second-order valence-corrected chi connectivity index (χ2v) is 3.32. The summed E-state index contributed by atoms with van der Waals surface area (Å²) in [7, 11) is 0. The molecule has 1 aromatic carbocycles. The van der Waals surface area contributed by atoms with Gasteiger partial charge in [0, 0.05) is 23.9 Å². The highest BCUT2D eigenvalue weighted by Gasteiger charge is 2.14. The van der Waals surface area contributed by atoms with Crippen molar-refractivity contribution < 1.29 is 14.8 Å². The number of nitrogens with one attached hydrogen (secondary N) is 1. The third-order valence-electron chi connectivity index (χ3n) is 2.21. The highest BCUT2D eigenvalue weighted by Crippen LogP contribution is 2.25. The van der Waals surface area contributed by atoms with Crippen molar-refractivity contribution in [3.8, 4) is 11.1 Å². The van der Waals surface area contributed by atoms with Gasteiger partial charge in [0.15, 0.2) is 0 Å². The number of hydrogen-bond donors (Lipinski definition) is 2. The number of aromatic carboxylic acids is 1. The Labute approximate surface area is 94.9 Å². The highest BCUT2D eigenvalue weighted by atomic mass is 16.6. The van der Waals surface area contributed by atoms with E-state index in [9.17, 15) is 14.9 Å². The Balaban J connectivity index is 2.60. The maximum Gasteiger partial charge on any atom is 0.335 e. The molecule has 0 unspecified atom stereocenters. The molecule has 1 aromatic heterocycles. The molecule has 0 bridgehead atoms. The monoisotopic (exact) mass is 233 g/mol. The number of carboxylic acid groups (broad SMARTS) is 1. The Kier molecular flexibility index (Phi) is 2.57. The van der Waals surface area contributed by atoms with Crippen molar-refractivity contribution in [2.75, 3.05) is 0 Å². The number of aromatic amines is 1. The summed E-state index contributed by atoms with van der Waals surface area (Å²) in [5.74, 6) is -1.21. The molecule has 0 amide bonds. The van der Waals surface area contributed by atoms with Crippen LogP contribution in [0.25, 0.3) is 11.1 Å². The van der Waals surface area contributed by atoms with Crippen LogP contribution in [-0.2, 0) is 0 Å². The Morgan fingerprint density at radius 1 is 1.35 bits per heavy atom. The van der Waals surface area contributed by atoms with E-state index in [-0.39, 0.29) is 11.3 Å². The number of non-ortho nitro benzene ring substituents is 1. The number of aromatic nitrogens is 2. The summed E-state index contributed by atoms with van der Waals surface area (Å²) >= 11 is 0. The van der Waals surface area contributed by atoms with Crippen LogP contribution >= 0.6 is 0 Å². The summed E-state index contributed by atoms with van der Waals surface area (Å²) in [5.41, 5.74) is 0.637. The molecule has 17 heavy (non-hydrogen) atoms. The molecule has 0 atom stereocenters. The first-order chi connectivity index (χ1) is 8.08. The first-order valence-corrected chi connectivity index (χ1v) is 4.60. The van der Waals surface area contributed by atoms with Gasteiger partial charge in [0.2, 0.25) is 0 Å². The minimum atomic E-state index is -1.21. The summed E-state index contributed by atoms with van der Waals surface area (Å²) in [4.78, 5) is 20.9. The van der Waals surface area contributed by atoms with Gasteiger partial charge in [-0.2, -0.15) is 5.10 Å². The zero-order valence-electron chi connectivity index (χ0n) is 8.45. The molecule has 0 fully saturated rings. The van der Waals surface area contributed by atoms with Crippen LogP contribution in [0.1, 0.15) is 10.4 Å². The maximum absolute atomic E-state index is 10.9. The molecule has 0 aliphatic heterocycles. The van der Waals surface area contributed by atoms with Crippen molar-refractivity contribution in [1.82, 2.24) is 10.2 Å². The number of nitro groups is 1. The van der Waals surface area contributed by atoms with E-state index in [4.69, 9.17) is 5.11 Å². The van der Waals surface area contributed by atoms with Crippen LogP contribution in [-0.4, -0.2) is 26.2 Å². The first kappa shape index (κ1) is 10.8. The molecule has 7 nitrogen and oxygen atoms in total. The number of carbonyl (C=O) groups is 1. The first-order valence-electron chi connectivity index (χ1n) is 4.60. The molecular weight excluding hydrogens is 226 g/mol. The number of hydrogen-bond acceptors (Lipinski definition) is 4. The van der Waals surface area contributed by atoms with Crippen LogP contribution in [0, 0.1) is 10.1 Å². The quantitative estimate of drug-likeness (QED) is 0.619. The lowest BCUT2D eigenvalue weighted by molar-refractivity contribution is -0.384. The Bertz CT molecular complexity index is 545. The standard InChI is InChI=1S/C10H7N3O4/c14-10(15)7-1-6(8-4-11-12-5-8)2-9(3-7)13(16)17/h1-5H,(H,11,12)(H,14,15). The summed E-state index contributed by atoms with van der Waals surface area (Å²) in [5, 5.41) is 25.8. The van der Waals surface area contributed by atoms with Crippen molar-refractivity contribution in [1.29, 1.82) is 0 Å². The van der Waals surface area contributed by atoms with Crippen LogP contribution in [0.2, 0.25) is 0 Å². The number of carboxylic acids is 1. The van der Waals surface area contributed by atoms with Gasteiger partial charge in [-0.25, -0.2) is 4.79 Å². The van der Waals surface area contributed by atoms with Crippen LogP contribution in [0.5, 0.6) is 0 Å². The molecule has 2 aromatic rings. The van der Waals surface area contributed by atoms with Crippen LogP contribution in [0.3, 0.4) is 0 Å². The topological polar surface area (TPSA) is 109 Å². The lowest BCUT2D eigenvalue weighted by atomic mass is 10.1. The third kappa shape index (κ3) is 2.12. The van der Waals surface area contributed by atoms with Crippen molar-refractivity contribution in [2.24, 2.45) is 0 Å². The number of nitro benzene ring substituents is 1. The fraction of sp³-hybridized carbons (Fsp3) is 0.